The van der Waals surface area contributed by atoms with E-state index in [0.717, 1.165) is 0 Å². The smallest absolute Gasteiger partial charge is 0.271 e. The van der Waals surface area contributed by atoms with Crippen molar-refractivity contribution in [3.63, 3.8) is 0 Å². The molecule has 1 heterocycles. The first-order valence-electron chi connectivity index (χ1n) is 10.2. The number of hydrogen-bond donors (Lipinski definition) is 1. The molecule has 0 fully saturated rings. The van der Waals surface area contributed by atoms with Gasteiger partial charge in [0.2, 0.25) is 0 Å². The molecule has 0 bridgehead atoms. The third-order valence-corrected chi connectivity index (χ3v) is 5.72. The number of methoxy groups -OCH3 is 1. The predicted molar refractivity (Wildman–Crippen MR) is 125 cm³/mol. The average Bonchev–Trinajstić information content (AvgIpc) is 2.78. The summed E-state index contributed by atoms with van der Waals surface area (Å²) in [4.78, 5) is 27.6. The third-order valence-electron chi connectivity index (χ3n) is 5.37. The maximum absolute atomic E-state index is 14.5. The third kappa shape index (κ3) is 4.36. The number of benzene rings is 3. The molecule has 0 saturated heterocycles. The number of anilines is 2. The molecule has 170 valence electrons. The highest BCUT2D eigenvalue weighted by atomic mass is 35.5. The van der Waals surface area contributed by atoms with Gasteiger partial charge in [-0.2, -0.15) is 0 Å². The van der Waals surface area contributed by atoms with Crippen LogP contribution < -0.4 is 19.7 Å². The molecule has 0 atom stereocenters. The molecule has 6 nitrogen and oxygen atoms in total. The summed E-state index contributed by atoms with van der Waals surface area (Å²) in [5, 5.41) is 3.01. The van der Waals surface area contributed by atoms with Gasteiger partial charge in [-0.05, 0) is 56.3 Å². The van der Waals surface area contributed by atoms with Crippen LogP contribution in [0.5, 0.6) is 11.5 Å². The van der Waals surface area contributed by atoms with Crippen molar-refractivity contribution in [2.24, 2.45) is 0 Å². The molecule has 0 unspecified atom stereocenters. The van der Waals surface area contributed by atoms with Gasteiger partial charge in [-0.1, -0.05) is 29.8 Å². The molecule has 0 saturated carbocycles. The number of amides is 2. The van der Waals surface area contributed by atoms with E-state index in [1.54, 1.807) is 62.4 Å². The van der Waals surface area contributed by atoms with Crippen LogP contribution in [0.1, 0.15) is 29.8 Å². The predicted octanol–water partition coefficient (Wildman–Crippen LogP) is 5.44. The fraction of sp³-hybridized carbons (Fsp3) is 0.200. The van der Waals surface area contributed by atoms with Crippen LogP contribution in [-0.2, 0) is 11.3 Å². The van der Waals surface area contributed by atoms with E-state index in [1.807, 2.05) is 0 Å². The molecule has 1 N–H and O–H groups in total. The van der Waals surface area contributed by atoms with Gasteiger partial charge in [-0.25, -0.2) is 4.39 Å². The van der Waals surface area contributed by atoms with E-state index in [0.29, 0.717) is 28.4 Å². The second-order valence-corrected chi connectivity index (χ2v) is 8.45. The first-order chi connectivity index (χ1) is 15.7. The molecule has 0 spiro atoms. The molecule has 1 aliphatic rings. The van der Waals surface area contributed by atoms with Gasteiger partial charge in [0, 0.05) is 16.1 Å². The summed E-state index contributed by atoms with van der Waals surface area (Å²) < 4.78 is 25.7. The summed E-state index contributed by atoms with van der Waals surface area (Å²) in [6.07, 6.45) is 0. The van der Waals surface area contributed by atoms with E-state index in [1.165, 1.54) is 24.1 Å². The lowest BCUT2D eigenvalue weighted by Crippen LogP contribution is -2.52. The van der Waals surface area contributed by atoms with Gasteiger partial charge in [-0.15, -0.1) is 0 Å². The number of nitrogens with one attached hydrogen (secondary N) is 1. The Morgan fingerprint density at radius 2 is 1.91 bits per heavy atom. The minimum absolute atomic E-state index is 0.109. The molecule has 4 rings (SSSR count). The van der Waals surface area contributed by atoms with Crippen LogP contribution in [0.15, 0.2) is 60.7 Å². The molecule has 3 aromatic rings. The Labute approximate surface area is 195 Å². The zero-order valence-electron chi connectivity index (χ0n) is 18.3. The van der Waals surface area contributed by atoms with Crippen LogP contribution in [0.25, 0.3) is 0 Å². The van der Waals surface area contributed by atoms with Gasteiger partial charge in [0.1, 0.15) is 17.3 Å². The number of hydrogen-bond acceptors (Lipinski definition) is 4. The highest BCUT2D eigenvalue weighted by molar-refractivity contribution is 6.31. The van der Waals surface area contributed by atoms with Crippen LogP contribution >= 0.6 is 11.6 Å². The minimum Gasteiger partial charge on any atom is -0.495 e. The summed E-state index contributed by atoms with van der Waals surface area (Å²) in [6, 6.07) is 16.1. The van der Waals surface area contributed by atoms with Crippen molar-refractivity contribution in [1.82, 2.24) is 0 Å². The lowest BCUT2D eigenvalue weighted by molar-refractivity contribution is -0.132. The van der Waals surface area contributed by atoms with Crippen LogP contribution in [0.4, 0.5) is 15.8 Å². The lowest BCUT2D eigenvalue weighted by Gasteiger charge is -2.39. The monoisotopic (exact) mass is 468 g/mol. The minimum atomic E-state index is -1.17. The molecular weight excluding hydrogens is 447 g/mol. The van der Waals surface area contributed by atoms with E-state index in [4.69, 9.17) is 21.1 Å². The van der Waals surface area contributed by atoms with E-state index in [-0.39, 0.29) is 23.0 Å². The van der Waals surface area contributed by atoms with Crippen molar-refractivity contribution >= 4 is 34.8 Å². The quantitative estimate of drug-likeness (QED) is 0.541. The molecule has 0 aromatic heterocycles. The molecule has 0 aliphatic carbocycles. The van der Waals surface area contributed by atoms with Crippen molar-refractivity contribution in [1.29, 1.82) is 0 Å². The van der Waals surface area contributed by atoms with Gasteiger partial charge in [0.15, 0.2) is 5.60 Å². The standard InChI is InChI=1S/C25H22ClFN2O4/c1-25(2)24(31)29(14-16-17(26)7-6-8-18(16)27)20-13-15(11-12-22(20)33-25)23(30)28-19-9-4-5-10-21(19)32-3/h4-13H,14H2,1-3H3,(H,28,30). The van der Waals surface area contributed by atoms with E-state index >= 15 is 0 Å². The first-order valence-corrected chi connectivity index (χ1v) is 10.6. The number of nitrogens with zero attached hydrogens (tertiary/aromatic N) is 1. The Morgan fingerprint density at radius 3 is 2.64 bits per heavy atom. The zero-order chi connectivity index (χ0) is 23.8. The summed E-state index contributed by atoms with van der Waals surface area (Å²) in [5.74, 6) is -0.382. The number of ether oxygens (including phenoxy) is 2. The largest absolute Gasteiger partial charge is 0.495 e. The van der Waals surface area contributed by atoms with Gasteiger partial charge >= 0.3 is 0 Å². The molecule has 33 heavy (non-hydrogen) atoms. The Morgan fingerprint density at radius 1 is 1.15 bits per heavy atom. The summed E-state index contributed by atoms with van der Waals surface area (Å²) in [6.45, 7) is 3.16. The normalized spacial score (nSPS) is 14.3. The van der Waals surface area contributed by atoms with Crippen LogP contribution in [0.3, 0.4) is 0 Å². The average molecular weight is 469 g/mol. The number of fused-ring (bicyclic) bond motifs is 1. The number of rotatable bonds is 5. The van der Waals surface area contributed by atoms with Crippen LogP contribution in [0, 0.1) is 5.82 Å². The molecule has 2 amide bonds. The molecule has 1 aliphatic heterocycles. The van der Waals surface area contributed by atoms with Crippen molar-refractivity contribution in [3.8, 4) is 11.5 Å². The number of carbonyl (C=O) groups is 2. The van der Waals surface area contributed by atoms with Crippen molar-refractivity contribution in [2.75, 3.05) is 17.3 Å². The second kappa shape index (κ2) is 8.75. The van der Waals surface area contributed by atoms with E-state index < -0.39 is 17.3 Å². The Kier molecular flexibility index (Phi) is 5.99. The van der Waals surface area contributed by atoms with Gasteiger partial charge in [-0.3, -0.25) is 9.59 Å². The van der Waals surface area contributed by atoms with Gasteiger partial charge < -0.3 is 19.7 Å². The first kappa shape index (κ1) is 22.6. The number of halogens is 2. The highest BCUT2D eigenvalue weighted by Crippen LogP contribution is 2.40. The Bertz CT molecular complexity index is 1220. The van der Waals surface area contributed by atoms with Crippen LogP contribution in [-0.4, -0.2) is 24.5 Å². The molecule has 8 heteroatoms. The maximum atomic E-state index is 14.5. The van der Waals surface area contributed by atoms with Crippen molar-refractivity contribution in [3.05, 3.63) is 82.6 Å². The molecule has 3 aromatic carbocycles. The highest BCUT2D eigenvalue weighted by Gasteiger charge is 2.41. The zero-order valence-corrected chi connectivity index (χ0v) is 19.1. The van der Waals surface area contributed by atoms with E-state index in [9.17, 15) is 14.0 Å². The van der Waals surface area contributed by atoms with Crippen LogP contribution in [0.2, 0.25) is 5.02 Å². The van der Waals surface area contributed by atoms with Crippen molar-refractivity contribution in [2.45, 2.75) is 26.0 Å². The fourth-order valence-electron chi connectivity index (χ4n) is 3.65. The number of carbonyl (C=O) groups excluding carboxylic acids is 2. The molecular formula is C25H22ClFN2O4. The Balaban J connectivity index is 1.72. The fourth-order valence-corrected chi connectivity index (χ4v) is 3.87. The van der Waals surface area contributed by atoms with Gasteiger partial charge in [0.25, 0.3) is 11.8 Å². The maximum Gasteiger partial charge on any atom is 0.271 e. The topological polar surface area (TPSA) is 67.9 Å². The van der Waals surface area contributed by atoms with Gasteiger partial charge in [0.05, 0.1) is 25.0 Å². The second-order valence-electron chi connectivity index (χ2n) is 8.04. The lowest BCUT2D eigenvalue weighted by atomic mass is 10.0. The summed E-state index contributed by atoms with van der Waals surface area (Å²) in [7, 11) is 1.51. The summed E-state index contributed by atoms with van der Waals surface area (Å²) in [5.41, 5.74) is 0.157. The SMILES string of the molecule is COc1ccccc1NC(=O)c1ccc2c(c1)N(Cc1c(F)cccc1Cl)C(=O)C(C)(C)O2. The Hall–Kier alpha value is -3.58. The summed E-state index contributed by atoms with van der Waals surface area (Å²) >= 11 is 6.21. The van der Waals surface area contributed by atoms with E-state index in [2.05, 4.69) is 5.32 Å². The number of para-hydroxylation sites is 2. The van der Waals surface area contributed by atoms with Crippen molar-refractivity contribution < 1.29 is 23.5 Å². The molecule has 0 radical (unpaired) electrons.